The van der Waals surface area contributed by atoms with Crippen molar-refractivity contribution in [2.24, 2.45) is 5.73 Å². The Kier molecular flexibility index (Phi) is 5.09. The van der Waals surface area contributed by atoms with Crippen LogP contribution in [-0.4, -0.2) is 16.9 Å². The largest absolute Gasteiger partial charge is 0.493 e. The van der Waals surface area contributed by atoms with Gasteiger partial charge in [-0.3, -0.25) is 4.68 Å². The highest BCUT2D eigenvalue weighted by molar-refractivity contribution is 6.31. The van der Waals surface area contributed by atoms with Crippen LogP contribution >= 0.6 is 11.6 Å². The first-order valence-electron chi connectivity index (χ1n) is 6.82. The monoisotopic (exact) mass is 309 g/mol. The smallest absolute Gasteiger partial charge is 0.166 e. The minimum Gasteiger partial charge on any atom is -0.493 e. The summed E-state index contributed by atoms with van der Waals surface area (Å²) in [6.07, 6.45) is 0. The molecule has 21 heavy (non-hydrogen) atoms. The van der Waals surface area contributed by atoms with Gasteiger partial charge in [0.15, 0.2) is 11.5 Å². The van der Waals surface area contributed by atoms with Gasteiger partial charge < -0.3 is 15.2 Å². The standard InChI is InChI=1S/C15H20ClN3O2/c1-4-19-12(14(16)10(2)18-19)9-21-15-11(8-17)6-5-7-13(15)20-3/h5-7H,4,8-9,17H2,1-3H3. The fourth-order valence-electron chi connectivity index (χ4n) is 2.19. The Hall–Kier alpha value is -1.72. The number of benzene rings is 1. The van der Waals surface area contributed by atoms with Crippen molar-refractivity contribution < 1.29 is 9.47 Å². The minimum absolute atomic E-state index is 0.320. The van der Waals surface area contributed by atoms with Gasteiger partial charge in [0.1, 0.15) is 6.61 Å². The van der Waals surface area contributed by atoms with E-state index in [9.17, 15) is 0 Å². The molecule has 0 saturated heterocycles. The molecular weight excluding hydrogens is 290 g/mol. The number of ether oxygens (including phenoxy) is 2. The molecule has 114 valence electrons. The summed E-state index contributed by atoms with van der Waals surface area (Å²) in [5.41, 5.74) is 8.30. The van der Waals surface area contributed by atoms with Gasteiger partial charge in [0.05, 0.1) is 23.5 Å². The van der Waals surface area contributed by atoms with Crippen LogP contribution in [0.3, 0.4) is 0 Å². The van der Waals surface area contributed by atoms with E-state index in [1.807, 2.05) is 36.7 Å². The number of nitrogens with zero attached hydrogens (tertiary/aromatic N) is 2. The number of aryl methyl sites for hydroxylation is 2. The normalized spacial score (nSPS) is 10.7. The van der Waals surface area contributed by atoms with E-state index < -0.39 is 0 Å². The van der Waals surface area contributed by atoms with Crippen molar-refractivity contribution in [1.82, 2.24) is 9.78 Å². The fourth-order valence-corrected chi connectivity index (χ4v) is 2.38. The Morgan fingerprint density at radius 3 is 2.76 bits per heavy atom. The lowest BCUT2D eigenvalue weighted by Gasteiger charge is -2.14. The zero-order valence-corrected chi connectivity index (χ0v) is 13.3. The summed E-state index contributed by atoms with van der Waals surface area (Å²) >= 11 is 6.29. The van der Waals surface area contributed by atoms with E-state index in [-0.39, 0.29) is 0 Å². The van der Waals surface area contributed by atoms with Gasteiger partial charge in [-0.2, -0.15) is 5.10 Å². The first kappa shape index (κ1) is 15.7. The van der Waals surface area contributed by atoms with Crippen LogP contribution < -0.4 is 15.2 Å². The Bertz CT molecular complexity index is 603. The van der Waals surface area contributed by atoms with Crippen LogP contribution in [-0.2, 0) is 19.7 Å². The molecule has 5 nitrogen and oxygen atoms in total. The second-order valence-corrected chi connectivity index (χ2v) is 4.98. The molecule has 2 N–H and O–H groups in total. The Morgan fingerprint density at radius 2 is 2.14 bits per heavy atom. The van der Waals surface area contributed by atoms with Gasteiger partial charge in [0, 0.05) is 18.7 Å². The van der Waals surface area contributed by atoms with E-state index in [1.54, 1.807) is 7.11 Å². The van der Waals surface area contributed by atoms with Crippen LogP contribution in [0.5, 0.6) is 11.5 Å². The quantitative estimate of drug-likeness (QED) is 0.891. The molecule has 0 spiro atoms. The molecule has 0 aliphatic carbocycles. The Morgan fingerprint density at radius 1 is 1.38 bits per heavy atom. The third-order valence-electron chi connectivity index (χ3n) is 3.31. The molecule has 0 radical (unpaired) electrons. The molecule has 0 atom stereocenters. The van der Waals surface area contributed by atoms with Gasteiger partial charge in [0.2, 0.25) is 0 Å². The van der Waals surface area contributed by atoms with Crippen molar-refractivity contribution in [3.05, 3.63) is 40.2 Å². The summed E-state index contributed by atoms with van der Waals surface area (Å²) in [4.78, 5) is 0. The third kappa shape index (κ3) is 3.14. The Labute approximate surface area is 129 Å². The molecule has 0 unspecified atom stereocenters. The summed E-state index contributed by atoms with van der Waals surface area (Å²) in [5, 5.41) is 5.01. The van der Waals surface area contributed by atoms with Gasteiger partial charge in [-0.15, -0.1) is 0 Å². The molecule has 0 aliphatic heterocycles. The van der Waals surface area contributed by atoms with Gasteiger partial charge in [-0.1, -0.05) is 23.7 Å². The SMILES string of the molecule is CCn1nc(C)c(Cl)c1COc1c(CN)cccc1OC. The van der Waals surface area contributed by atoms with E-state index in [1.165, 1.54) is 0 Å². The minimum atomic E-state index is 0.320. The summed E-state index contributed by atoms with van der Waals surface area (Å²) in [7, 11) is 1.61. The molecular formula is C15H20ClN3O2. The number of para-hydroxylation sites is 1. The van der Waals surface area contributed by atoms with Gasteiger partial charge in [-0.05, 0) is 19.9 Å². The number of halogens is 1. The highest BCUT2D eigenvalue weighted by Gasteiger charge is 2.15. The van der Waals surface area contributed by atoms with Crippen molar-refractivity contribution in [3.8, 4) is 11.5 Å². The summed E-state index contributed by atoms with van der Waals surface area (Å²) < 4.78 is 13.1. The molecule has 0 saturated carbocycles. The number of hydrogen-bond acceptors (Lipinski definition) is 4. The van der Waals surface area contributed by atoms with E-state index in [0.717, 1.165) is 23.5 Å². The molecule has 0 fully saturated rings. The maximum absolute atomic E-state index is 6.29. The van der Waals surface area contributed by atoms with Crippen molar-refractivity contribution in [1.29, 1.82) is 0 Å². The van der Waals surface area contributed by atoms with Crippen LogP contribution in [0.2, 0.25) is 5.02 Å². The van der Waals surface area contributed by atoms with Crippen LogP contribution in [0.1, 0.15) is 23.9 Å². The lowest BCUT2D eigenvalue weighted by Crippen LogP contribution is -2.09. The van der Waals surface area contributed by atoms with Crippen LogP contribution in [0.15, 0.2) is 18.2 Å². The summed E-state index contributed by atoms with van der Waals surface area (Å²) in [6.45, 7) is 5.34. The average molecular weight is 310 g/mol. The maximum Gasteiger partial charge on any atom is 0.166 e. The van der Waals surface area contributed by atoms with Crippen LogP contribution in [0.25, 0.3) is 0 Å². The predicted octanol–water partition coefficient (Wildman–Crippen LogP) is 2.91. The molecule has 2 aromatic rings. The van der Waals surface area contributed by atoms with E-state index >= 15 is 0 Å². The molecule has 0 amide bonds. The number of methoxy groups -OCH3 is 1. The fraction of sp³-hybridized carbons (Fsp3) is 0.400. The first-order valence-corrected chi connectivity index (χ1v) is 7.20. The lowest BCUT2D eigenvalue weighted by molar-refractivity contribution is 0.271. The number of hydrogen-bond donors (Lipinski definition) is 1. The topological polar surface area (TPSA) is 62.3 Å². The second-order valence-electron chi connectivity index (χ2n) is 4.60. The number of aromatic nitrogens is 2. The van der Waals surface area contributed by atoms with Crippen molar-refractivity contribution in [2.75, 3.05) is 7.11 Å². The molecule has 6 heteroatoms. The highest BCUT2D eigenvalue weighted by Crippen LogP contribution is 2.32. The van der Waals surface area contributed by atoms with E-state index in [4.69, 9.17) is 26.8 Å². The molecule has 2 rings (SSSR count). The number of rotatable bonds is 6. The van der Waals surface area contributed by atoms with E-state index in [0.29, 0.717) is 29.7 Å². The molecule has 1 heterocycles. The highest BCUT2D eigenvalue weighted by atomic mass is 35.5. The van der Waals surface area contributed by atoms with E-state index in [2.05, 4.69) is 5.10 Å². The average Bonchev–Trinajstić information content (AvgIpc) is 2.79. The molecule has 1 aromatic heterocycles. The van der Waals surface area contributed by atoms with Crippen LogP contribution in [0, 0.1) is 6.92 Å². The Balaban J connectivity index is 2.28. The summed E-state index contributed by atoms with van der Waals surface area (Å²) in [5.74, 6) is 1.31. The molecule has 0 bridgehead atoms. The number of nitrogens with two attached hydrogens (primary N) is 1. The summed E-state index contributed by atoms with van der Waals surface area (Å²) in [6, 6.07) is 5.65. The van der Waals surface area contributed by atoms with Crippen molar-refractivity contribution >= 4 is 11.6 Å². The molecule has 0 aliphatic rings. The van der Waals surface area contributed by atoms with Crippen LogP contribution in [0.4, 0.5) is 0 Å². The molecule has 1 aromatic carbocycles. The maximum atomic E-state index is 6.29. The zero-order valence-electron chi connectivity index (χ0n) is 12.5. The van der Waals surface area contributed by atoms with Gasteiger partial charge in [-0.25, -0.2) is 0 Å². The van der Waals surface area contributed by atoms with Gasteiger partial charge in [0.25, 0.3) is 0 Å². The van der Waals surface area contributed by atoms with Gasteiger partial charge >= 0.3 is 0 Å². The van der Waals surface area contributed by atoms with Crippen molar-refractivity contribution in [2.45, 2.75) is 33.5 Å². The predicted molar refractivity (Wildman–Crippen MR) is 82.9 cm³/mol. The van der Waals surface area contributed by atoms with Crippen molar-refractivity contribution in [3.63, 3.8) is 0 Å². The first-order chi connectivity index (χ1) is 10.1. The second kappa shape index (κ2) is 6.83. The lowest BCUT2D eigenvalue weighted by atomic mass is 10.2. The zero-order chi connectivity index (χ0) is 15.4. The third-order valence-corrected chi connectivity index (χ3v) is 3.80.